The van der Waals surface area contributed by atoms with Crippen molar-refractivity contribution in [2.45, 2.75) is 13.0 Å². The van der Waals surface area contributed by atoms with E-state index in [1.54, 1.807) is 25.6 Å². The van der Waals surface area contributed by atoms with Gasteiger partial charge < -0.3 is 15.2 Å². The number of aromatic nitrogens is 1. The Hall–Kier alpha value is -1.11. The molecule has 1 aromatic heterocycles. The average molecular weight is 343 g/mol. The topological polar surface area (TPSA) is 57.4 Å². The summed E-state index contributed by atoms with van der Waals surface area (Å²) in [7, 11) is 3.27. The first-order chi connectivity index (χ1) is 9.06. The molecule has 2 rings (SSSR count). The molecular formula is C13H15BrN2O2S. The number of hydrogen-bond donors (Lipinski definition) is 1. The Kier molecular flexibility index (Phi) is 4.44. The van der Waals surface area contributed by atoms with Crippen molar-refractivity contribution < 1.29 is 9.47 Å². The van der Waals surface area contributed by atoms with Crippen LogP contribution in [0.4, 0.5) is 0 Å². The standard InChI is InChI=1S/C13H15BrN2O2S/c1-7(15)13-16-10(6-19-13)8-4-12(18-3)9(14)5-11(8)17-2/h4-7H,15H2,1-3H3. The normalized spacial score (nSPS) is 12.3. The zero-order valence-electron chi connectivity index (χ0n) is 10.9. The molecule has 2 N–H and O–H groups in total. The summed E-state index contributed by atoms with van der Waals surface area (Å²) in [6, 6.07) is 3.71. The van der Waals surface area contributed by atoms with Crippen molar-refractivity contribution in [2.24, 2.45) is 5.73 Å². The molecule has 0 fully saturated rings. The summed E-state index contributed by atoms with van der Waals surface area (Å²) in [4.78, 5) is 4.54. The Morgan fingerprint density at radius 1 is 1.26 bits per heavy atom. The Morgan fingerprint density at radius 2 is 1.95 bits per heavy atom. The molecule has 0 spiro atoms. The second kappa shape index (κ2) is 5.90. The van der Waals surface area contributed by atoms with Crippen LogP contribution in [0.5, 0.6) is 11.5 Å². The SMILES string of the molecule is COc1cc(-c2csc(C(C)N)n2)c(OC)cc1Br. The van der Waals surface area contributed by atoms with E-state index in [9.17, 15) is 0 Å². The molecule has 2 aromatic rings. The maximum absolute atomic E-state index is 5.84. The molecule has 1 unspecified atom stereocenters. The lowest BCUT2D eigenvalue weighted by Crippen LogP contribution is -2.04. The minimum atomic E-state index is -0.0675. The van der Waals surface area contributed by atoms with E-state index >= 15 is 0 Å². The minimum Gasteiger partial charge on any atom is -0.496 e. The van der Waals surface area contributed by atoms with Crippen LogP contribution in [0.1, 0.15) is 18.0 Å². The number of rotatable bonds is 4. The highest BCUT2D eigenvalue weighted by Crippen LogP contribution is 2.39. The van der Waals surface area contributed by atoms with E-state index in [1.165, 1.54) is 0 Å². The molecule has 0 aliphatic carbocycles. The maximum Gasteiger partial charge on any atom is 0.133 e. The van der Waals surface area contributed by atoms with Gasteiger partial charge in [-0.25, -0.2) is 4.98 Å². The Bertz CT molecular complexity index is 584. The summed E-state index contributed by atoms with van der Waals surface area (Å²) < 4.78 is 11.6. The van der Waals surface area contributed by atoms with Gasteiger partial charge in [0.1, 0.15) is 16.5 Å². The number of hydrogen-bond acceptors (Lipinski definition) is 5. The van der Waals surface area contributed by atoms with Gasteiger partial charge in [-0.3, -0.25) is 0 Å². The number of halogens is 1. The molecule has 0 aliphatic heterocycles. The number of ether oxygens (including phenoxy) is 2. The smallest absolute Gasteiger partial charge is 0.133 e. The Morgan fingerprint density at radius 3 is 2.47 bits per heavy atom. The third-order valence-corrected chi connectivity index (χ3v) is 4.33. The summed E-state index contributed by atoms with van der Waals surface area (Å²) in [6.45, 7) is 1.92. The highest BCUT2D eigenvalue weighted by Gasteiger charge is 2.15. The van der Waals surface area contributed by atoms with E-state index in [4.69, 9.17) is 15.2 Å². The van der Waals surface area contributed by atoms with E-state index in [0.717, 1.165) is 32.2 Å². The van der Waals surface area contributed by atoms with Gasteiger partial charge in [-0.1, -0.05) is 0 Å². The second-order valence-electron chi connectivity index (χ2n) is 4.05. The summed E-state index contributed by atoms with van der Waals surface area (Å²) in [5, 5.41) is 2.88. The molecule has 1 atom stereocenters. The monoisotopic (exact) mass is 342 g/mol. The van der Waals surface area contributed by atoms with Gasteiger partial charge in [0.05, 0.1) is 30.4 Å². The molecule has 19 heavy (non-hydrogen) atoms. The highest BCUT2D eigenvalue weighted by atomic mass is 79.9. The first-order valence-electron chi connectivity index (χ1n) is 5.69. The molecule has 4 nitrogen and oxygen atoms in total. The molecule has 0 saturated heterocycles. The molecule has 0 amide bonds. The second-order valence-corrected chi connectivity index (χ2v) is 5.79. The van der Waals surface area contributed by atoms with E-state index in [0.29, 0.717) is 0 Å². The zero-order chi connectivity index (χ0) is 14.0. The lowest BCUT2D eigenvalue weighted by Gasteiger charge is -2.10. The molecular weight excluding hydrogens is 328 g/mol. The van der Waals surface area contributed by atoms with Crippen LogP contribution < -0.4 is 15.2 Å². The summed E-state index contributed by atoms with van der Waals surface area (Å²) in [5.74, 6) is 1.49. The van der Waals surface area contributed by atoms with Crippen molar-refractivity contribution in [1.29, 1.82) is 0 Å². The van der Waals surface area contributed by atoms with Crippen molar-refractivity contribution in [3.63, 3.8) is 0 Å². The van der Waals surface area contributed by atoms with Gasteiger partial charge >= 0.3 is 0 Å². The quantitative estimate of drug-likeness (QED) is 0.921. The predicted octanol–water partition coefficient (Wildman–Crippen LogP) is 3.61. The largest absolute Gasteiger partial charge is 0.496 e. The molecule has 0 saturated carbocycles. The lowest BCUT2D eigenvalue weighted by molar-refractivity contribution is 0.402. The third-order valence-electron chi connectivity index (χ3n) is 2.66. The predicted molar refractivity (Wildman–Crippen MR) is 81.0 cm³/mol. The summed E-state index contributed by atoms with van der Waals surface area (Å²) >= 11 is 4.99. The van der Waals surface area contributed by atoms with Crippen LogP contribution >= 0.6 is 27.3 Å². The van der Waals surface area contributed by atoms with Crippen LogP contribution in [-0.4, -0.2) is 19.2 Å². The average Bonchev–Trinajstić information content (AvgIpc) is 2.88. The van der Waals surface area contributed by atoms with Crippen LogP contribution in [0.15, 0.2) is 22.0 Å². The van der Waals surface area contributed by atoms with Crippen LogP contribution in [0, 0.1) is 0 Å². The fraction of sp³-hybridized carbons (Fsp3) is 0.308. The van der Waals surface area contributed by atoms with Crippen LogP contribution in [-0.2, 0) is 0 Å². The lowest BCUT2D eigenvalue weighted by atomic mass is 10.1. The van der Waals surface area contributed by atoms with Crippen LogP contribution in [0.2, 0.25) is 0 Å². The molecule has 0 radical (unpaired) electrons. The van der Waals surface area contributed by atoms with Crippen molar-refractivity contribution in [1.82, 2.24) is 4.98 Å². The van der Waals surface area contributed by atoms with Crippen molar-refractivity contribution in [3.8, 4) is 22.8 Å². The first kappa shape index (κ1) is 14.3. The number of methoxy groups -OCH3 is 2. The molecule has 102 valence electrons. The molecule has 6 heteroatoms. The summed E-state index contributed by atoms with van der Waals surface area (Å²) in [5.41, 5.74) is 7.58. The van der Waals surface area contributed by atoms with Gasteiger partial charge in [0, 0.05) is 10.9 Å². The van der Waals surface area contributed by atoms with E-state index in [-0.39, 0.29) is 6.04 Å². The number of nitrogens with zero attached hydrogens (tertiary/aromatic N) is 1. The fourth-order valence-corrected chi connectivity index (χ4v) is 2.94. The van der Waals surface area contributed by atoms with Crippen molar-refractivity contribution in [2.75, 3.05) is 14.2 Å². The van der Waals surface area contributed by atoms with Gasteiger partial charge in [0.15, 0.2) is 0 Å². The third kappa shape index (κ3) is 2.91. The van der Waals surface area contributed by atoms with E-state index in [2.05, 4.69) is 20.9 Å². The van der Waals surface area contributed by atoms with Gasteiger partial charge in [0.2, 0.25) is 0 Å². The first-order valence-corrected chi connectivity index (χ1v) is 7.37. The van der Waals surface area contributed by atoms with Gasteiger partial charge in [-0.2, -0.15) is 0 Å². The fourth-order valence-electron chi connectivity index (χ4n) is 1.68. The van der Waals surface area contributed by atoms with Gasteiger partial charge in [-0.15, -0.1) is 11.3 Å². The van der Waals surface area contributed by atoms with Crippen LogP contribution in [0.3, 0.4) is 0 Å². The molecule has 0 aliphatic rings. The Balaban J connectivity index is 2.52. The number of thiazole rings is 1. The van der Waals surface area contributed by atoms with Crippen LogP contribution in [0.25, 0.3) is 11.3 Å². The van der Waals surface area contributed by atoms with Gasteiger partial charge in [0.25, 0.3) is 0 Å². The summed E-state index contributed by atoms with van der Waals surface area (Å²) in [6.07, 6.45) is 0. The minimum absolute atomic E-state index is 0.0675. The van der Waals surface area contributed by atoms with E-state index in [1.807, 2.05) is 24.4 Å². The Labute approximate surface area is 124 Å². The number of benzene rings is 1. The highest BCUT2D eigenvalue weighted by molar-refractivity contribution is 9.10. The molecule has 1 aromatic carbocycles. The van der Waals surface area contributed by atoms with Crippen molar-refractivity contribution in [3.05, 3.63) is 27.0 Å². The number of nitrogens with two attached hydrogens (primary N) is 1. The van der Waals surface area contributed by atoms with E-state index < -0.39 is 0 Å². The zero-order valence-corrected chi connectivity index (χ0v) is 13.3. The molecule has 0 bridgehead atoms. The molecule has 1 heterocycles. The maximum atomic E-state index is 5.84. The van der Waals surface area contributed by atoms with Gasteiger partial charge in [-0.05, 0) is 35.0 Å². The van der Waals surface area contributed by atoms with Crippen molar-refractivity contribution >= 4 is 27.3 Å².